The summed E-state index contributed by atoms with van der Waals surface area (Å²) in [5.74, 6) is 0.257. The van der Waals surface area contributed by atoms with Gasteiger partial charge in [0.1, 0.15) is 0 Å². The standard InChI is InChI=1S/C15H19N/c1-11-3-4-14-13(9-11)12(2)10-15(14)5-7-16-8-6-15/h2-4,9,12,16H,5-8,10H2,1H3. The molecular formula is C15H19N. The molecule has 0 amide bonds. The van der Waals surface area contributed by atoms with Crippen LogP contribution in [0.4, 0.5) is 0 Å². The predicted octanol–water partition coefficient (Wildman–Crippen LogP) is 2.81. The zero-order valence-corrected chi connectivity index (χ0v) is 9.92. The summed E-state index contributed by atoms with van der Waals surface area (Å²) in [4.78, 5) is 0. The van der Waals surface area contributed by atoms with Crippen LogP contribution in [0.5, 0.6) is 0 Å². The number of benzene rings is 1. The fraction of sp³-hybridized carbons (Fsp3) is 0.533. The predicted molar refractivity (Wildman–Crippen MR) is 66.6 cm³/mol. The molecule has 3 rings (SSSR count). The Balaban J connectivity index is 2.07. The summed E-state index contributed by atoms with van der Waals surface area (Å²) < 4.78 is 0. The van der Waals surface area contributed by atoms with Gasteiger partial charge in [-0.3, -0.25) is 0 Å². The third-order valence-corrected chi connectivity index (χ3v) is 4.35. The van der Waals surface area contributed by atoms with Crippen molar-refractivity contribution >= 4 is 0 Å². The van der Waals surface area contributed by atoms with Crippen LogP contribution in [0.25, 0.3) is 0 Å². The summed E-state index contributed by atoms with van der Waals surface area (Å²) in [7, 11) is 0. The van der Waals surface area contributed by atoms with E-state index in [1.54, 1.807) is 0 Å². The Morgan fingerprint density at radius 2 is 2.06 bits per heavy atom. The van der Waals surface area contributed by atoms with Crippen LogP contribution in [0.15, 0.2) is 18.2 Å². The Hall–Kier alpha value is -0.820. The second kappa shape index (κ2) is 3.59. The van der Waals surface area contributed by atoms with Gasteiger partial charge in [0.25, 0.3) is 0 Å². The first-order valence-corrected chi connectivity index (χ1v) is 6.29. The number of aryl methyl sites for hydroxylation is 1. The molecule has 1 fully saturated rings. The summed E-state index contributed by atoms with van der Waals surface area (Å²) in [6, 6.07) is 6.85. The number of piperidine rings is 1. The third kappa shape index (κ3) is 1.41. The van der Waals surface area contributed by atoms with Gasteiger partial charge in [0.2, 0.25) is 0 Å². The van der Waals surface area contributed by atoms with Gasteiger partial charge in [-0.2, -0.15) is 0 Å². The van der Waals surface area contributed by atoms with Crippen LogP contribution in [0.1, 0.15) is 41.9 Å². The van der Waals surface area contributed by atoms with Crippen LogP contribution in [0.3, 0.4) is 0 Å². The lowest BCUT2D eigenvalue weighted by molar-refractivity contribution is 0.300. The topological polar surface area (TPSA) is 12.0 Å². The fourth-order valence-corrected chi connectivity index (χ4v) is 3.49. The highest BCUT2D eigenvalue weighted by Gasteiger charge is 2.42. The molecule has 1 nitrogen and oxygen atoms in total. The van der Waals surface area contributed by atoms with E-state index in [2.05, 4.69) is 30.4 Å². The Morgan fingerprint density at radius 3 is 2.81 bits per heavy atom. The van der Waals surface area contributed by atoms with Crippen molar-refractivity contribution in [3.05, 3.63) is 41.8 Å². The van der Waals surface area contributed by atoms with E-state index in [1.807, 2.05) is 0 Å². The minimum atomic E-state index is 0.257. The van der Waals surface area contributed by atoms with Crippen LogP contribution < -0.4 is 5.32 Å². The third-order valence-electron chi connectivity index (χ3n) is 4.35. The van der Waals surface area contributed by atoms with E-state index >= 15 is 0 Å². The van der Waals surface area contributed by atoms with E-state index in [-0.39, 0.29) is 5.92 Å². The largest absolute Gasteiger partial charge is 0.317 e. The van der Waals surface area contributed by atoms with Crippen molar-refractivity contribution in [1.82, 2.24) is 5.32 Å². The van der Waals surface area contributed by atoms with E-state index in [1.165, 1.54) is 29.5 Å². The van der Waals surface area contributed by atoms with E-state index in [0.717, 1.165) is 19.5 Å². The van der Waals surface area contributed by atoms with Gasteiger partial charge in [-0.05, 0) is 68.7 Å². The van der Waals surface area contributed by atoms with E-state index in [9.17, 15) is 0 Å². The average molecular weight is 213 g/mol. The van der Waals surface area contributed by atoms with Crippen LogP contribution in [-0.4, -0.2) is 13.1 Å². The van der Waals surface area contributed by atoms with E-state index in [0.29, 0.717) is 5.41 Å². The van der Waals surface area contributed by atoms with Gasteiger partial charge in [-0.15, -0.1) is 0 Å². The van der Waals surface area contributed by atoms with Gasteiger partial charge in [-0.25, -0.2) is 0 Å². The Bertz CT molecular complexity index is 402. The molecule has 0 aromatic heterocycles. The number of hydrogen-bond donors (Lipinski definition) is 1. The molecule has 84 valence electrons. The lowest BCUT2D eigenvalue weighted by Gasteiger charge is -2.35. The quantitative estimate of drug-likeness (QED) is 0.699. The van der Waals surface area contributed by atoms with Crippen molar-refractivity contribution < 1.29 is 0 Å². The SMILES string of the molecule is [CH]C1CC2(CCNCC2)c2ccc(C)cc21. The van der Waals surface area contributed by atoms with Crippen molar-refractivity contribution in [2.75, 3.05) is 13.1 Å². The smallest absolute Gasteiger partial charge is 0.00141 e. The maximum Gasteiger partial charge on any atom is -0.00141 e. The van der Waals surface area contributed by atoms with Gasteiger partial charge in [-0.1, -0.05) is 23.8 Å². The highest BCUT2D eigenvalue weighted by Crippen LogP contribution is 2.50. The second-order valence-corrected chi connectivity index (χ2v) is 5.43. The number of hydrogen-bond acceptors (Lipinski definition) is 1. The monoisotopic (exact) mass is 213 g/mol. The molecule has 1 aromatic rings. The number of rotatable bonds is 0. The molecule has 1 heteroatoms. The van der Waals surface area contributed by atoms with Crippen molar-refractivity contribution in [2.24, 2.45) is 0 Å². The molecule has 2 aliphatic rings. The minimum Gasteiger partial charge on any atom is -0.317 e. The highest BCUT2D eigenvalue weighted by molar-refractivity contribution is 5.45. The van der Waals surface area contributed by atoms with Crippen LogP contribution in [0, 0.1) is 13.8 Å². The minimum absolute atomic E-state index is 0.257. The molecule has 1 heterocycles. The van der Waals surface area contributed by atoms with Gasteiger partial charge in [0.05, 0.1) is 0 Å². The maximum absolute atomic E-state index is 6.30. The zero-order valence-electron chi connectivity index (χ0n) is 9.92. The molecule has 1 aromatic carbocycles. The molecule has 0 saturated carbocycles. The molecule has 1 unspecified atom stereocenters. The first-order chi connectivity index (χ1) is 7.71. The molecule has 2 radical (unpaired) electrons. The van der Waals surface area contributed by atoms with Gasteiger partial charge >= 0.3 is 0 Å². The van der Waals surface area contributed by atoms with Crippen molar-refractivity contribution in [1.29, 1.82) is 0 Å². The molecule has 1 saturated heterocycles. The number of nitrogens with one attached hydrogen (secondary N) is 1. The molecule has 1 N–H and O–H groups in total. The van der Waals surface area contributed by atoms with E-state index < -0.39 is 0 Å². The molecule has 0 bridgehead atoms. The zero-order chi connectivity index (χ0) is 11.2. The number of fused-ring (bicyclic) bond motifs is 2. The lowest BCUT2D eigenvalue weighted by atomic mass is 9.74. The molecule has 1 aliphatic carbocycles. The van der Waals surface area contributed by atoms with Crippen molar-refractivity contribution in [3.63, 3.8) is 0 Å². The van der Waals surface area contributed by atoms with Gasteiger partial charge in [0, 0.05) is 0 Å². The lowest BCUT2D eigenvalue weighted by Crippen LogP contribution is -2.38. The van der Waals surface area contributed by atoms with Crippen LogP contribution in [0.2, 0.25) is 0 Å². The Labute approximate surface area is 98.3 Å². The van der Waals surface area contributed by atoms with Gasteiger partial charge in [0.15, 0.2) is 0 Å². The average Bonchev–Trinajstić information content (AvgIpc) is 2.53. The molecule has 16 heavy (non-hydrogen) atoms. The molecular weight excluding hydrogens is 194 g/mol. The first kappa shape index (κ1) is 10.3. The van der Waals surface area contributed by atoms with Gasteiger partial charge < -0.3 is 5.32 Å². The molecule has 1 spiro atoms. The highest BCUT2D eigenvalue weighted by atomic mass is 14.9. The summed E-state index contributed by atoms with van der Waals surface area (Å²) in [6.45, 7) is 10.7. The summed E-state index contributed by atoms with van der Waals surface area (Å²) in [5.41, 5.74) is 4.66. The van der Waals surface area contributed by atoms with Crippen molar-refractivity contribution in [2.45, 2.75) is 37.5 Å². The summed E-state index contributed by atoms with van der Waals surface area (Å²) >= 11 is 0. The van der Waals surface area contributed by atoms with Crippen LogP contribution in [-0.2, 0) is 5.41 Å². The maximum atomic E-state index is 6.30. The molecule has 1 atom stereocenters. The Morgan fingerprint density at radius 1 is 1.31 bits per heavy atom. The first-order valence-electron chi connectivity index (χ1n) is 6.29. The normalized spacial score (nSPS) is 27.0. The van der Waals surface area contributed by atoms with Crippen LogP contribution >= 0.6 is 0 Å². The molecule has 1 aliphatic heterocycles. The van der Waals surface area contributed by atoms with Crippen molar-refractivity contribution in [3.8, 4) is 0 Å². The summed E-state index contributed by atoms with van der Waals surface area (Å²) in [6.07, 6.45) is 3.64. The fourth-order valence-electron chi connectivity index (χ4n) is 3.49. The van der Waals surface area contributed by atoms with E-state index in [4.69, 9.17) is 6.92 Å². The summed E-state index contributed by atoms with van der Waals surface area (Å²) in [5, 5.41) is 3.45. The second-order valence-electron chi connectivity index (χ2n) is 5.43. The Kier molecular flexibility index (Phi) is 2.32.